The molecular formula is C17H24N2O3. The molecule has 2 atom stereocenters. The first kappa shape index (κ1) is 16.5. The predicted molar refractivity (Wildman–Crippen MR) is 84.5 cm³/mol. The quantitative estimate of drug-likeness (QED) is 0.875. The van der Waals surface area contributed by atoms with Gasteiger partial charge in [0.1, 0.15) is 0 Å². The molecule has 1 aliphatic rings. The fourth-order valence-corrected chi connectivity index (χ4v) is 2.84. The highest BCUT2D eigenvalue weighted by molar-refractivity contribution is 5.87. The largest absolute Gasteiger partial charge is 0.479 e. The summed E-state index contributed by atoms with van der Waals surface area (Å²) in [5, 5.41) is 12.1. The summed E-state index contributed by atoms with van der Waals surface area (Å²) in [6.07, 6.45) is 4.59. The molecule has 0 spiro atoms. The second-order valence-corrected chi connectivity index (χ2v) is 5.82. The fourth-order valence-electron chi connectivity index (χ4n) is 2.84. The summed E-state index contributed by atoms with van der Waals surface area (Å²) in [6.45, 7) is 3.65. The number of aliphatic carboxylic acids is 1. The molecule has 2 N–H and O–H groups in total. The van der Waals surface area contributed by atoms with Crippen molar-refractivity contribution in [3.05, 3.63) is 35.9 Å². The molecule has 1 aromatic rings. The highest BCUT2D eigenvalue weighted by Crippen LogP contribution is 2.16. The third-order valence-electron chi connectivity index (χ3n) is 4.23. The van der Waals surface area contributed by atoms with Gasteiger partial charge in [-0.25, -0.2) is 4.79 Å². The molecule has 1 saturated heterocycles. The molecule has 0 aliphatic carbocycles. The van der Waals surface area contributed by atoms with E-state index in [2.05, 4.69) is 10.2 Å². The summed E-state index contributed by atoms with van der Waals surface area (Å²) in [5.74, 6) is -1.26. The van der Waals surface area contributed by atoms with Crippen LogP contribution in [0.15, 0.2) is 30.3 Å². The lowest BCUT2D eigenvalue weighted by atomic mass is 10.1. The Morgan fingerprint density at radius 3 is 2.23 bits per heavy atom. The maximum Gasteiger partial charge on any atom is 0.330 e. The number of hydrogen-bond donors (Lipinski definition) is 2. The van der Waals surface area contributed by atoms with Gasteiger partial charge < -0.3 is 10.4 Å². The molecule has 120 valence electrons. The molecular weight excluding hydrogens is 280 g/mol. The lowest BCUT2D eigenvalue weighted by Gasteiger charge is -2.27. The van der Waals surface area contributed by atoms with Gasteiger partial charge in [0.05, 0.1) is 6.04 Å². The molecule has 1 aromatic carbocycles. The van der Waals surface area contributed by atoms with Crippen LogP contribution in [0.4, 0.5) is 0 Å². The smallest absolute Gasteiger partial charge is 0.330 e. The van der Waals surface area contributed by atoms with Gasteiger partial charge in [-0.1, -0.05) is 43.2 Å². The first-order chi connectivity index (χ1) is 10.6. The van der Waals surface area contributed by atoms with Crippen molar-refractivity contribution in [1.29, 1.82) is 0 Å². The van der Waals surface area contributed by atoms with Crippen molar-refractivity contribution < 1.29 is 14.7 Å². The van der Waals surface area contributed by atoms with E-state index in [0.29, 0.717) is 5.56 Å². The summed E-state index contributed by atoms with van der Waals surface area (Å²) in [7, 11) is 0. The normalized spacial score (nSPS) is 19.0. The molecule has 0 aromatic heterocycles. The van der Waals surface area contributed by atoms with Crippen LogP contribution in [-0.2, 0) is 9.59 Å². The highest BCUT2D eigenvalue weighted by atomic mass is 16.4. The van der Waals surface area contributed by atoms with Gasteiger partial charge >= 0.3 is 5.97 Å². The minimum Gasteiger partial charge on any atom is -0.479 e. The van der Waals surface area contributed by atoms with Gasteiger partial charge in [0.15, 0.2) is 6.04 Å². The zero-order valence-corrected chi connectivity index (χ0v) is 13.0. The molecule has 5 nitrogen and oxygen atoms in total. The molecule has 5 heteroatoms. The van der Waals surface area contributed by atoms with Crippen LogP contribution in [0.5, 0.6) is 0 Å². The van der Waals surface area contributed by atoms with Gasteiger partial charge in [-0.05, 0) is 38.4 Å². The van der Waals surface area contributed by atoms with Crippen LogP contribution in [0.1, 0.15) is 44.2 Å². The van der Waals surface area contributed by atoms with Crippen molar-refractivity contribution >= 4 is 11.9 Å². The Morgan fingerprint density at radius 2 is 1.68 bits per heavy atom. The van der Waals surface area contributed by atoms with Crippen molar-refractivity contribution in [2.24, 2.45) is 0 Å². The van der Waals surface area contributed by atoms with E-state index < -0.39 is 12.0 Å². The van der Waals surface area contributed by atoms with Crippen LogP contribution < -0.4 is 5.32 Å². The molecule has 0 bridgehead atoms. The highest BCUT2D eigenvalue weighted by Gasteiger charge is 2.27. The van der Waals surface area contributed by atoms with Crippen LogP contribution in [-0.4, -0.2) is 41.0 Å². The van der Waals surface area contributed by atoms with Crippen LogP contribution >= 0.6 is 0 Å². The molecule has 0 unspecified atom stereocenters. The Balaban J connectivity index is 2.03. The Labute approximate surface area is 131 Å². The van der Waals surface area contributed by atoms with Gasteiger partial charge in [-0.3, -0.25) is 9.69 Å². The average Bonchev–Trinajstić information content (AvgIpc) is 2.81. The molecule has 2 rings (SSSR count). The number of carboxylic acids is 1. The SMILES string of the molecule is C[C@H](C(=O)N[C@H](C(=O)O)c1ccccc1)N1CCCCCC1. The molecule has 1 amide bonds. The number of amides is 1. The van der Waals surface area contributed by atoms with Crippen molar-refractivity contribution in [2.75, 3.05) is 13.1 Å². The Morgan fingerprint density at radius 1 is 1.09 bits per heavy atom. The molecule has 1 fully saturated rings. The second kappa shape index (κ2) is 7.94. The first-order valence-corrected chi connectivity index (χ1v) is 7.92. The van der Waals surface area contributed by atoms with E-state index in [0.717, 1.165) is 25.9 Å². The topological polar surface area (TPSA) is 69.6 Å². The Hall–Kier alpha value is -1.88. The summed E-state index contributed by atoms with van der Waals surface area (Å²) in [5.41, 5.74) is 0.589. The van der Waals surface area contributed by atoms with Crippen LogP contribution in [0.25, 0.3) is 0 Å². The lowest BCUT2D eigenvalue weighted by Crippen LogP contribution is -2.47. The zero-order valence-electron chi connectivity index (χ0n) is 13.0. The van der Waals surface area contributed by atoms with Crippen molar-refractivity contribution in [2.45, 2.75) is 44.7 Å². The zero-order chi connectivity index (χ0) is 15.9. The lowest BCUT2D eigenvalue weighted by molar-refractivity contribution is -0.142. The van der Waals surface area contributed by atoms with Gasteiger partial charge in [-0.2, -0.15) is 0 Å². The summed E-state index contributed by atoms with van der Waals surface area (Å²) < 4.78 is 0. The summed E-state index contributed by atoms with van der Waals surface area (Å²) in [4.78, 5) is 26.0. The number of carbonyl (C=O) groups excluding carboxylic acids is 1. The van der Waals surface area contributed by atoms with Crippen LogP contribution in [0.3, 0.4) is 0 Å². The van der Waals surface area contributed by atoms with E-state index in [1.165, 1.54) is 12.8 Å². The van der Waals surface area contributed by atoms with E-state index in [1.54, 1.807) is 24.3 Å². The maximum atomic E-state index is 12.4. The number of nitrogens with zero attached hydrogens (tertiary/aromatic N) is 1. The Kier molecular flexibility index (Phi) is 5.95. The number of carboxylic acid groups (broad SMARTS) is 1. The summed E-state index contributed by atoms with van der Waals surface area (Å²) >= 11 is 0. The van der Waals surface area contributed by atoms with Gasteiger partial charge in [0.2, 0.25) is 5.91 Å². The van der Waals surface area contributed by atoms with Gasteiger partial charge in [0.25, 0.3) is 0 Å². The van der Waals surface area contributed by atoms with Crippen LogP contribution in [0.2, 0.25) is 0 Å². The van der Waals surface area contributed by atoms with Gasteiger partial charge in [0, 0.05) is 0 Å². The third kappa shape index (κ3) is 4.31. The number of likely N-dealkylation sites (tertiary alicyclic amines) is 1. The third-order valence-corrected chi connectivity index (χ3v) is 4.23. The van der Waals surface area contributed by atoms with E-state index in [9.17, 15) is 14.7 Å². The molecule has 0 radical (unpaired) electrons. The monoisotopic (exact) mass is 304 g/mol. The van der Waals surface area contributed by atoms with Crippen molar-refractivity contribution in [1.82, 2.24) is 10.2 Å². The minimum atomic E-state index is -1.04. The standard InChI is InChI=1S/C17H24N2O3/c1-13(19-11-7-2-3-8-12-19)16(20)18-15(17(21)22)14-9-5-4-6-10-14/h4-6,9-10,13,15H,2-3,7-8,11-12H2,1H3,(H,18,20)(H,21,22)/t13-,15+/m1/s1. The fraction of sp³-hybridized carbons (Fsp3) is 0.529. The number of rotatable bonds is 5. The number of benzene rings is 1. The molecule has 1 aliphatic heterocycles. The van der Waals surface area contributed by atoms with E-state index >= 15 is 0 Å². The second-order valence-electron chi connectivity index (χ2n) is 5.82. The summed E-state index contributed by atoms with van der Waals surface area (Å²) in [6, 6.07) is 7.51. The van der Waals surface area contributed by atoms with Gasteiger partial charge in [-0.15, -0.1) is 0 Å². The first-order valence-electron chi connectivity index (χ1n) is 7.92. The van der Waals surface area contributed by atoms with E-state index in [-0.39, 0.29) is 11.9 Å². The minimum absolute atomic E-state index is 0.224. The molecule has 1 heterocycles. The average molecular weight is 304 g/mol. The molecule has 0 saturated carbocycles. The predicted octanol–water partition coefficient (Wildman–Crippen LogP) is 2.19. The number of hydrogen-bond acceptors (Lipinski definition) is 3. The van der Waals surface area contributed by atoms with Crippen molar-refractivity contribution in [3.63, 3.8) is 0 Å². The van der Waals surface area contributed by atoms with E-state index in [4.69, 9.17) is 0 Å². The van der Waals surface area contributed by atoms with Crippen LogP contribution in [0, 0.1) is 0 Å². The Bertz CT molecular complexity index is 496. The van der Waals surface area contributed by atoms with E-state index in [1.807, 2.05) is 13.0 Å². The number of nitrogens with one attached hydrogen (secondary N) is 1. The number of carbonyl (C=O) groups is 2. The maximum absolute atomic E-state index is 12.4. The van der Waals surface area contributed by atoms with Crippen molar-refractivity contribution in [3.8, 4) is 0 Å². The molecule has 22 heavy (non-hydrogen) atoms.